The normalized spacial score (nSPS) is 14.1. The lowest BCUT2D eigenvalue weighted by atomic mass is 10.0. The van der Waals surface area contributed by atoms with Crippen LogP contribution in [0, 0.1) is 6.92 Å². The van der Waals surface area contributed by atoms with Crippen LogP contribution in [-0.2, 0) is 10.8 Å². The molecular formula is C16H18OS. The van der Waals surface area contributed by atoms with Crippen LogP contribution in [0.4, 0.5) is 0 Å². The molecule has 0 spiro atoms. The van der Waals surface area contributed by atoms with Crippen LogP contribution in [0.15, 0.2) is 59.5 Å². The van der Waals surface area contributed by atoms with Crippen LogP contribution in [0.5, 0.6) is 0 Å². The number of aryl methyl sites for hydroxylation is 1. The first kappa shape index (κ1) is 13.0. The smallest absolute Gasteiger partial charge is 0.0535 e. The van der Waals surface area contributed by atoms with Crippen LogP contribution < -0.4 is 0 Å². The summed E-state index contributed by atoms with van der Waals surface area (Å²) in [4.78, 5) is 0.920. The molecule has 2 unspecified atom stereocenters. The van der Waals surface area contributed by atoms with Gasteiger partial charge in [0.15, 0.2) is 0 Å². The van der Waals surface area contributed by atoms with Gasteiger partial charge in [-0.3, -0.25) is 4.21 Å². The third-order valence-electron chi connectivity index (χ3n) is 3.05. The Hall–Kier alpha value is -1.41. The summed E-state index contributed by atoms with van der Waals surface area (Å²) in [5, 5.41) is 0. The molecule has 18 heavy (non-hydrogen) atoms. The maximum Gasteiger partial charge on any atom is 0.0535 e. The second-order valence-electron chi connectivity index (χ2n) is 4.64. The Morgan fingerprint density at radius 2 is 1.61 bits per heavy atom. The van der Waals surface area contributed by atoms with Crippen molar-refractivity contribution in [2.45, 2.75) is 24.7 Å². The molecule has 0 radical (unpaired) electrons. The molecule has 2 aromatic carbocycles. The Kier molecular flexibility index (Phi) is 4.32. The van der Waals surface area contributed by atoms with E-state index < -0.39 is 10.8 Å². The van der Waals surface area contributed by atoms with E-state index in [9.17, 15) is 4.21 Å². The van der Waals surface area contributed by atoms with Gasteiger partial charge in [0.05, 0.1) is 10.8 Å². The van der Waals surface area contributed by atoms with Crippen LogP contribution in [0.2, 0.25) is 0 Å². The van der Waals surface area contributed by atoms with Crippen molar-refractivity contribution in [1.29, 1.82) is 0 Å². The van der Waals surface area contributed by atoms with Gasteiger partial charge >= 0.3 is 0 Å². The molecule has 0 saturated carbocycles. The minimum absolute atomic E-state index is 0.313. The lowest BCUT2D eigenvalue weighted by molar-refractivity contribution is 0.677. The maximum atomic E-state index is 12.3. The summed E-state index contributed by atoms with van der Waals surface area (Å²) in [5.74, 6) is 0.987. The van der Waals surface area contributed by atoms with Crippen molar-refractivity contribution in [3.8, 4) is 0 Å². The van der Waals surface area contributed by atoms with Crippen molar-refractivity contribution in [3.63, 3.8) is 0 Å². The Morgan fingerprint density at radius 1 is 1.00 bits per heavy atom. The number of benzene rings is 2. The molecule has 0 aliphatic heterocycles. The van der Waals surface area contributed by atoms with Crippen molar-refractivity contribution in [1.82, 2.24) is 0 Å². The second-order valence-corrected chi connectivity index (χ2v) is 6.13. The van der Waals surface area contributed by atoms with Crippen LogP contribution in [-0.4, -0.2) is 9.96 Å². The largest absolute Gasteiger partial charge is 0.254 e. The van der Waals surface area contributed by atoms with E-state index in [0.717, 1.165) is 4.90 Å². The van der Waals surface area contributed by atoms with Gasteiger partial charge in [0.2, 0.25) is 0 Å². The highest BCUT2D eigenvalue weighted by Crippen LogP contribution is 2.19. The van der Waals surface area contributed by atoms with E-state index in [4.69, 9.17) is 0 Å². The fourth-order valence-electron chi connectivity index (χ4n) is 1.89. The molecule has 0 heterocycles. The lowest BCUT2D eigenvalue weighted by Crippen LogP contribution is -2.06. The average Bonchev–Trinajstić information content (AvgIpc) is 2.40. The summed E-state index contributed by atoms with van der Waals surface area (Å²) < 4.78 is 12.3. The number of hydrogen-bond acceptors (Lipinski definition) is 1. The Morgan fingerprint density at radius 3 is 2.22 bits per heavy atom. The zero-order valence-corrected chi connectivity index (χ0v) is 11.6. The summed E-state index contributed by atoms with van der Waals surface area (Å²) in [5.41, 5.74) is 2.45. The molecule has 2 rings (SSSR count). The van der Waals surface area contributed by atoms with Gasteiger partial charge in [-0.1, -0.05) is 55.0 Å². The fraction of sp³-hybridized carbons (Fsp3) is 0.250. The quantitative estimate of drug-likeness (QED) is 0.812. The van der Waals surface area contributed by atoms with Crippen LogP contribution in [0.25, 0.3) is 0 Å². The molecule has 0 aliphatic carbocycles. The van der Waals surface area contributed by atoms with Gasteiger partial charge in [-0.25, -0.2) is 0 Å². The SMILES string of the molecule is Cc1ccc(S(=O)CC(C)c2ccccc2)cc1. The molecule has 2 aromatic rings. The maximum absolute atomic E-state index is 12.3. The molecule has 0 saturated heterocycles. The predicted molar refractivity (Wildman–Crippen MR) is 77.3 cm³/mol. The van der Waals surface area contributed by atoms with Crippen molar-refractivity contribution < 1.29 is 4.21 Å². The molecule has 0 N–H and O–H groups in total. The molecule has 0 amide bonds. The van der Waals surface area contributed by atoms with E-state index in [1.54, 1.807) is 0 Å². The third-order valence-corrected chi connectivity index (χ3v) is 4.65. The Bertz CT molecular complexity index is 517. The van der Waals surface area contributed by atoms with Crippen LogP contribution in [0.1, 0.15) is 24.0 Å². The molecule has 0 aliphatic rings. The van der Waals surface area contributed by atoms with Crippen molar-refractivity contribution >= 4 is 10.8 Å². The lowest BCUT2D eigenvalue weighted by Gasteiger charge is -2.11. The highest BCUT2D eigenvalue weighted by atomic mass is 32.2. The van der Waals surface area contributed by atoms with Crippen LogP contribution >= 0.6 is 0 Å². The molecule has 94 valence electrons. The summed E-state index contributed by atoms with van der Waals surface area (Å²) in [6, 6.07) is 18.2. The van der Waals surface area contributed by atoms with Gasteiger partial charge in [0, 0.05) is 10.6 Å². The highest BCUT2D eigenvalue weighted by molar-refractivity contribution is 7.85. The van der Waals surface area contributed by atoms with E-state index in [0.29, 0.717) is 11.7 Å². The van der Waals surface area contributed by atoms with E-state index in [2.05, 4.69) is 19.1 Å². The average molecular weight is 258 g/mol. The summed E-state index contributed by atoms with van der Waals surface area (Å²) in [6.07, 6.45) is 0. The van der Waals surface area contributed by atoms with Gasteiger partial charge in [-0.05, 0) is 30.5 Å². The summed E-state index contributed by atoms with van der Waals surface area (Å²) in [7, 11) is -0.922. The Balaban J connectivity index is 2.06. The molecular weight excluding hydrogens is 240 g/mol. The molecule has 2 atom stereocenters. The van der Waals surface area contributed by atoms with Crippen molar-refractivity contribution in [3.05, 3.63) is 65.7 Å². The first-order valence-electron chi connectivity index (χ1n) is 6.17. The number of hydrogen-bond donors (Lipinski definition) is 0. The molecule has 0 aromatic heterocycles. The van der Waals surface area contributed by atoms with Gasteiger partial charge in [0.25, 0.3) is 0 Å². The minimum Gasteiger partial charge on any atom is -0.254 e. The van der Waals surface area contributed by atoms with Crippen molar-refractivity contribution in [2.75, 3.05) is 5.75 Å². The van der Waals surface area contributed by atoms with E-state index in [1.165, 1.54) is 11.1 Å². The van der Waals surface area contributed by atoms with Gasteiger partial charge in [-0.2, -0.15) is 0 Å². The molecule has 0 bridgehead atoms. The zero-order valence-electron chi connectivity index (χ0n) is 10.8. The second kappa shape index (κ2) is 5.96. The molecule has 0 fully saturated rings. The standard InChI is InChI=1S/C16H18OS/c1-13-8-10-16(11-9-13)18(17)12-14(2)15-6-4-3-5-7-15/h3-11,14H,12H2,1-2H3. The zero-order chi connectivity index (χ0) is 13.0. The molecule has 2 heteroatoms. The monoisotopic (exact) mass is 258 g/mol. The van der Waals surface area contributed by atoms with Crippen LogP contribution in [0.3, 0.4) is 0 Å². The van der Waals surface area contributed by atoms with E-state index in [-0.39, 0.29) is 0 Å². The first-order chi connectivity index (χ1) is 8.66. The first-order valence-corrected chi connectivity index (χ1v) is 7.48. The number of rotatable bonds is 4. The minimum atomic E-state index is -0.922. The van der Waals surface area contributed by atoms with Gasteiger partial charge < -0.3 is 0 Å². The van der Waals surface area contributed by atoms with E-state index >= 15 is 0 Å². The van der Waals surface area contributed by atoms with Crippen molar-refractivity contribution in [2.24, 2.45) is 0 Å². The van der Waals surface area contributed by atoms with E-state index in [1.807, 2.05) is 49.4 Å². The predicted octanol–water partition coefficient (Wildman–Crippen LogP) is 3.91. The molecule has 1 nitrogen and oxygen atoms in total. The topological polar surface area (TPSA) is 17.1 Å². The fourth-order valence-corrected chi connectivity index (χ4v) is 3.17. The Labute approximate surface area is 111 Å². The summed E-state index contributed by atoms with van der Waals surface area (Å²) >= 11 is 0. The van der Waals surface area contributed by atoms with Gasteiger partial charge in [-0.15, -0.1) is 0 Å². The van der Waals surface area contributed by atoms with Gasteiger partial charge in [0.1, 0.15) is 0 Å². The highest BCUT2D eigenvalue weighted by Gasteiger charge is 2.11. The summed E-state index contributed by atoms with van der Waals surface area (Å²) in [6.45, 7) is 4.17. The third kappa shape index (κ3) is 3.30.